The minimum Gasteiger partial charge on any atom is -0.361 e. The molecule has 3 N–H and O–H groups in total. The largest absolute Gasteiger partial charge is 0.361 e. The molecular weight excluding hydrogens is 518 g/mol. The highest BCUT2D eigenvalue weighted by Crippen LogP contribution is 2.29. The summed E-state index contributed by atoms with van der Waals surface area (Å²) in [7, 11) is 3.74. The number of aromatic nitrogens is 1. The fourth-order valence-electron chi connectivity index (χ4n) is 3.74. The molecule has 1 aromatic heterocycles. The highest BCUT2D eigenvalue weighted by atomic mass is 32.1. The van der Waals surface area contributed by atoms with Gasteiger partial charge in [0, 0.05) is 25.2 Å². The van der Waals surface area contributed by atoms with Crippen LogP contribution in [0.3, 0.4) is 0 Å². The van der Waals surface area contributed by atoms with Crippen LogP contribution in [0.25, 0.3) is 0 Å². The lowest BCUT2D eigenvalue weighted by Crippen LogP contribution is -2.56. The third-order valence-electron chi connectivity index (χ3n) is 6.34. The molecule has 2 heterocycles. The van der Waals surface area contributed by atoms with E-state index >= 15 is 0 Å². The summed E-state index contributed by atoms with van der Waals surface area (Å²) < 4.78 is 5.33. The number of ketones is 1. The SMILES string of the molecule is C=C/C=C(\C)CC(NC(=O)C(C)NC(=O)Cc1cnc(N(C)C)s1)C(=O)NC(C/C(C)=C/C)C(=O)C1(C)CO1. The summed E-state index contributed by atoms with van der Waals surface area (Å²) in [4.78, 5) is 58.9. The van der Waals surface area contributed by atoms with Gasteiger partial charge in [-0.15, -0.1) is 11.3 Å². The molecule has 0 bridgehead atoms. The summed E-state index contributed by atoms with van der Waals surface area (Å²) in [6, 6.07) is -2.65. The fourth-order valence-corrected chi connectivity index (χ4v) is 4.57. The molecule has 0 spiro atoms. The summed E-state index contributed by atoms with van der Waals surface area (Å²) in [5, 5.41) is 9.04. The number of hydrogen-bond donors (Lipinski definition) is 3. The Labute approximate surface area is 235 Å². The van der Waals surface area contributed by atoms with Gasteiger partial charge in [0.15, 0.2) is 10.9 Å². The number of rotatable bonds is 15. The first-order valence-electron chi connectivity index (χ1n) is 12.9. The minimum atomic E-state index is -0.966. The van der Waals surface area contributed by atoms with Crippen molar-refractivity contribution in [3.63, 3.8) is 0 Å². The highest BCUT2D eigenvalue weighted by molar-refractivity contribution is 7.15. The monoisotopic (exact) mass is 559 g/mol. The molecule has 0 saturated carbocycles. The van der Waals surface area contributed by atoms with Crippen LogP contribution in [0, 0.1) is 0 Å². The number of anilines is 1. The molecule has 214 valence electrons. The maximum absolute atomic E-state index is 13.4. The van der Waals surface area contributed by atoms with Gasteiger partial charge in [0.1, 0.15) is 17.7 Å². The molecular formula is C28H41N5O5S. The van der Waals surface area contributed by atoms with Gasteiger partial charge >= 0.3 is 0 Å². The van der Waals surface area contributed by atoms with Crippen molar-refractivity contribution in [2.24, 2.45) is 0 Å². The zero-order valence-electron chi connectivity index (χ0n) is 23.9. The van der Waals surface area contributed by atoms with Crippen LogP contribution in [-0.2, 0) is 30.3 Å². The topological polar surface area (TPSA) is 133 Å². The van der Waals surface area contributed by atoms with Crippen molar-refractivity contribution in [2.75, 3.05) is 25.6 Å². The average Bonchev–Trinajstić information content (AvgIpc) is 3.44. The van der Waals surface area contributed by atoms with Crippen LogP contribution in [-0.4, -0.2) is 72.9 Å². The lowest BCUT2D eigenvalue weighted by molar-refractivity contribution is -0.134. The Morgan fingerprint density at radius 1 is 1.13 bits per heavy atom. The second-order valence-corrected chi connectivity index (χ2v) is 11.4. The molecule has 39 heavy (non-hydrogen) atoms. The third-order valence-corrected chi connectivity index (χ3v) is 7.51. The van der Waals surface area contributed by atoms with Crippen LogP contribution in [0.2, 0.25) is 0 Å². The van der Waals surface area contributed by atoms with E-state index in [-0.39, 0.29) is 24.5 Å². The second-order valence-electron chi connectivity index (χ2n) is 10.3. The van der Waals surface area contributed by atoms with E-state index in [9.17, 15) is 19.2 Å². The van der Waals surface area contributed by atoms with Crippen LogP contribution in [0.5, 0.6) is 0 Å². The third kappa shape index (κ3) is 9.74. The van der Waals surface area contributed by atoms with Gasteiger partial charge in [-0.2, -0.15) is 0 Å². The Bertz CT molecular complexity index is 1140. The van der Waals surface area contributed by atoms with E-state index < -0.39 is 35.5 Å². The quantitative estimate of drug-likeness (QED) is 0.171. The van der Waals surface area contributed by atoms with E-state index in [2.05, 4.69) is 27.5 Å². The summed E-state index contributed by atoms with van der Waals surface area (Å²) in [5.41, 5.74) is 0.846. The molecule has 2 rings (SSSR count). The molecule has 11 heteroatoms. The van der Waals surface area contributed by atoms with E-state index in [1.54, 1.807) is 32.2 Å². The number of epoxide rings is 1. The predicted octanol–water partition coefficient (Wildman–Crippen LogP) is 2.46. The number of allylic oxidation sites excluding steroid dienone is 3. The van der Waals surface area contributed by atoms with Gasteiger partial charge in [0.2, 0.25) is 17.7 Å². The summed E-state index contributed by atoms with van der Waals surface area (Å²) in [5.74, 6) is -1.55. The van der Waals surface area contributed by atoms with Gasteiger partial charge in [0.05, 0.1) is 19.1 Å². The van der Waals surface area contributed by atoms with Crippen molar-refractivity contribution in [1.82, 2.24) is 20.9 Å². The first-order chi connectivity index (χ1) is 18.3. The molecule has 0 radical (unpaired) electrons. The maximum atomic E-state index is 13.4. The lowest BCUT2D eigenvalue weighted by Gasteiger charge is -2.25. The lowest BCUT2D eigenvalue weighted by atomic mass is 9.94. The van der Waals surface area contributed by atoms with Crippen LogP contribution in [0.1, 0.15) is 52.3 Å². The molecule has 1 aromatic rings. The van der Waals surface area contributed by atoms with Crippen molar-refractivity contribution >= 4 is 40.0 Å². The number of Topliss-reactive ketones (excluding diaryl/α,β-unsaturated/α-hetero) is 1. The Hall–Kier alpha value is -3.31. The van der Waals surface area contributed by atoms with Gasteiger partial charge in [0.25, 0.3) is 0 Å². The average molecular weight is 560 g/mol. The molecule has 4 unspecified atom stereocenters. The number of hydrogen-bond acceptors (Lipinski definition) is 8. The Morgan fingerprint density at radius 2 is 1.74 bits per heavy atom. The van der Waals surface area contributed by atoms with Crippen LogP contribution in [0.15, 0.2) is 42.2 Å². The molecule has 1 aliphatic heterocycles. The van der Waals surface area contributed by atoms with Gasteiger partial charge in [-0.25, -0.2) is 4.98 Å². The summed E-state index contributed by atoms with van der Waals surface area (Å²) in [6.07, 6.45) is 7.50. The van der Waals surface area contributed by atoms with E-state index in [0.29, 0.717) is 13.0 Å². The molecule has 4 atom stereocenters. The van der Waals surface area contributed by atoms with Crippen molar-refractivity contribution < 1.29 is 23.9 Å². The van der Waals surface area contributed by atoms with Crippen molar-refractivity contribution in [3.05, 3.63) is 47.0 Å². The Kier molecular flexibility index (Phi) is 11.6. The van der Waals surface area contributed by atoms with Gasteiger partial charge < -0.3 is 25.6 Å². The number of nitrogens with zero attached hydrogens (tertiary/aromatic N) is 2. The molecule has 1 fully saturated rings. The molecule has 1 saturated heterocycles. The zero-order valence-corrected chi connectivity index (χ0v) is 24.7. The Morgan fingerprint density at radius 3 is 2.28 bits per heavy atom. The Balaban J connectivity index is 2.11. The summed E-state index contributed by atoms with van der Waals surface area (Å²) >= 11 is 1.40. The molecule has 0 aliphatic carbocycles. The molecule has 10 nitrogen and oxygen atoms in total. The van der Waals surface area contributed by atoms with E-state index in [1.165, 1.54) is 11.3 Å². The normalized spacial score (nSPS) is 19.4. The van der Waals surface area contributed by atoms with Crippen LogP contribution in [0.4, 0.5) is 5.13 Å². The maximum Gasteiger partial charge on any atom is 0.243 e. The van der Waals surface area contributed by atoms with Crippen LogP contribution < -0.4 is 20.9 Å². The van der Waals surface area contributed by atoms with Gasteiger partial charge in [-0.05, 0) is 47.5 Å². The number of thiazole rings is 1. The summed E-state index contributed by atoms with van der Waals surface area (Å²) in [6.45, 7) is 12.8. The van der Waals surface area contributed by atoms with Crippen LogP contribution >= 0.6 is 11.3 Å². The van der Waals surface area contributed by atoms with Crippen molar-refractivity contribution in [2.45, 2.75) is 77.6 Å². The van der Waals surface area contributed by atoms with E-state index in [4.69, 9.17) is 4.74 Å². The molecule has 3 amide bonds. The number of ether oxygens (including phenoxy) is 1. The zero-order chi connectivity index (χ0) is 29.3. The fraction of sp³-hybridized carbons (Fsp3) is 0.536. The first-order valence-corrected chi connectivity index (χ1v) is 13.7. The van der Waals surface area contributed by atoms with Crippen molar-refractivity contribution in [1.29, 1.82) is 0 Å². The molecule has 0 aromatic carbocycles. The number of carbonyl (C=O) groups is 4. The standard InChI is InChI=1S/C28H41N5O5S/c1-9-11-18(4)13-22(26(37)31-21(12-17(3)10-2)24(35)28(6)16-38-28)32-25(36)19(5)30-23(34)14-20-15-29-27(39-20)33(7)8/h9-11,15,19,21-22H,1,12-14,16H2,2-8H3,(H,30,34)(H,31,37)(H,32,36)/b17-10+,18-11+. The molecule has 1 aliphatic rings. The number of nitrogens with one attached hydrogen (secondary N) is 3. The van der Waals surface area contributed by atoms with Gasteiger partial charge in [-0.3, -0.25) is 19.2 Å². The second kappa shape index (κ2) is 14.2. The smallest absolute Gasteiger partial charge is 0.243 e. The highest BCUT2D eigenvalue weighted by Gasteiger charge is 2.50. The van der Waals surface area contributed by atoms with Crippen molar-refractivity contribution in [3.8, 4) is 0 Å². The van der Waals surface area contributed by atoms with E-state index in [0.717, 1.165) is 21.2 Å². The minimum absolute atomic E-state index is 0.0865. The van der Waals surface area contributed by atoms with E-state index in [1.807, 2.05) is 45.8 Å². The van der Waals surface area contributed by atoms with Gasteiger partial charge in [-0.1, -0.05) is 36.0 Å². The predicted molar refractivity (Wildman–Crippen MR) is 154 cm³/mol. The number of amides is 3. The number of carbonyl (C=O) groups excluding carboxylic acids is 4. The first kappa shape index (κ1) is 31.9.